The number of benzene rings is 3. The third-order valence-corrected chi connectivity index (χ3v) is 7.16. The topological polar surface area (TPSA) is 91.6 Å². The van der Waals surface area contributed by atoms with Crippen LogP contribution in [0.1, 0.15) is 33.7 Å². The van der Waals surface area contributed by atoms with Crippen LogP contribution in [-0.2, 0) is 22.7 Å². The summed E-state index contributed by atoms with van der Waals surface area (Å²) in [5.41, 5.74) is 4.69. The van der Waals surface area contributed by atoms with Crippen molar-refractivity contribution in [2.75, 3.05) is 12.0 Å². The normalized spacial score (nSPS) is 11.5. The number of rotatable bonds is 12. The molecule has 0 radical (unpaired) electrons. The Bertz CT molecular complexity index is 1440. The largest absolute Gasteiger partial charge is 1.00 e. The molecule has 4 rings (SSSR count). The van der Waals surface area contributed by atoms with Crippen molar-refractivity contribution in [3.8, 4) is 22.5 Å². The molecule has 1 aromatic heterocycles. The fourth-order valence-electron chi connectivity index (χ4n) is 4.19. The number of halogens is 1. The Morgan fingerprint density at radius 2 is 1.75 bits per heavy atom. The minimum absolute atomic E-state index is 0. The molecule has 0 aliphatic rings. The van der Waals surface area contributed by atoms with E-state index in [1.807, 2.05) is 86.0 Å². The van der Waals surface area contributed by atoms with Crippen molar-refractivity contribution in [1.29, 1.82) is 0 Å². The molecule has 6 nitrogen and oxygen atoms in total. The fraction of sp³-hybridized carbons (Fsp3) is 0.226. The van der Waals surface area contributed by atoms with E-state index >= 15 is 0 Å². The number of carboxylic acid groups (broad SMARTS) is 1. The summed E-state index contributed by atoms with van der Waals surface area (Å²) in [5, 5.41) is 15.0. The Kier molecular flexibility index (Phi) is 12.0. The maximum absolute atomic E-state index is 13.4. The van der Waals surface area contributed by atoms with E-state index in [1.165, 1.54) is 11.8 Å². The first-order chi connectivity index (χ1) is 18.9. The molecule has 0 saturated carbocycles. The molecule has 1 N–H and O–H groups in total. The molecule has 1 heterocycles. The molecule has 0 aliphatic carbocycles. The van der Waals surface area contributed by atoms with Gasteiger partial charge in [-0.1, -0.05) is 48.0 Å². The van der Waals surface area contributed by atoms with E-state index in [2.05, 4.69) is 5.32 Å². The number of ether oxygens (including phenoxy) is 1. The third-order valence-electron chi connectivity index (χ3n) is 6.27. The van der Waals surface area contributed by atoms with Crippen molar-refractivity contribution in [1.82, 2.24) is 5.32 Å². The number of carbonyl (C=O) groups is 2. The van der Waals surface area contributed by atoms with Crippen molar-refractivity contribution in [2.45, 2.75) is 32.6 Å². The summed E-state index contributed by atoms with van der Waals surface area (Å²) < 4.78 is 11.8. The van der Waals surface area contributed by atoms with Gasteiger partial charge in [-0.3, -0.25) is 4.79 Å². The van der Waals surface area contributed by atoms with Crippen LogP contribution in [0.3, 0.4) is 0 Å². The van der Waals surface area contributed by atoms with Crippen LogP contribution in [0, 0.1) is 6.92 Å². The number of aliphatic carboxylic acids is 1. The van der Waals surface area contributed by atoms with E-state index in [0.29, 0.717) is 22.1 Å². The molecule has 0 bridgehead atoms. The minimum atomic E-state index is -1.30. The minimum Gasteiger partial charge on any atom is -0.548 e. The number of carboxylic acids is 1. The Labute approximate surface area is 255 Å². The van der Waals surface area contributed by atoms with E-state index in [0.717, 1.165) is 33.6 Å². The molecule has 0 spiro atoms. The Morgan fingerprint density at radius 3 is 2.45 bits per heavy atom. The van der Waals surface area contributed by atoms with Gasteiger partial charge in [-0.15, -0.1) is 0 Å². The molecule has 40 heavy (non-hydrogen) atoms. The molecule has 1 amide bonds. The first-order valence-electron chi connectivity index (χ1n) is 12.5. The molecule has 202 valence electrons. The van der Waals surface area contributed by atoms with Crippen LogP contribution in [0.4, 0.5) is 0 Å². The molecule has 0 aliphatic heterocycles. The monoisotopic (exact) mass is 569 g/mol. The summed E-state index contributed by atoms with van der Waals surface area (Å²) in [6, 6.07) is 23.3. The van der Waals surface area contributed by atoms with E-state index in [-0.39, 0.29) is 38.5 Å². The zero-order valence-corrected chi connectivity index (χ0v) is 24.3. The van der Waals surface area contributed by atoms with E-state index in [1.54, 1.807) is 6.07 Å². The molecule has 4 aromatic rings. The first kappa shape index (κ1) is 31.6. The van der Waals surface area contributed by atoms with Crippen LogP contribution in [0.25, 0.3) is 22.5 Å². The first-order valence-corrected chi connectivity index (χ1v) is 14.2. The second kappa shape index (κ2) is 15.2. The summed E-state index contributed by atoms with van der Waals surface area (Å²) in [7, 11) is 0. The Balaban J connectivity index is 0.00000441. The summed E-state index contributed by atoms with van der Waals surface area (Å²) in [5.74, 6) is 0.204. The number of carbonyl (C=O) groups excluding carboxylic acids is 2. The van der Waals surface area contributed by atoms with Gasteiger partial charge in [-0.25, -0.2) is 0 Å². The third kappa shape index (κ3) is 8.29. The molecule has 3 aromatic carbocycles. The predicted octanol–water partition coefficient (Wildman–Crippen LogP) is 2.90. The maximum atomic E-state index is 13.4. The summed E-state index contributed by atoms with van der Waals surface area (Å²) in [6.07, 6.45) is 2.16. The molecule has 1 atom stereocenters. The zero-order valence-electron chi connectivity index (χ0n) is 22.7. The van der Waals surface area contributed by atoms with Crippen LogP contribution >= 0.6 is 23.4 Å². The average Bonchev–Trinajstić information content (AvgIpc) is 3.40. The van der Waals surface area contributed by atoms with Crippen LogP contribution in [0.2, 0.25) is 5.02 Å². The van der Waals surface area contributed by atoms with Gasteiger partial charge in [0.15, 0.2) is 0 Å². The average molecular weight is 570 g/mol. The number of furan rings is 1. The predicted molar refractivity (Wildman–Crippen MR) is 154 cm³/mol. The van der Waals surface area contributed by atoms with Crippen LogP contribution in [0.15, 0.2) is 83.3 Å². The molecule has 0 saturated heterocycles. The fourth-order valence-corrected chi connectivity index (χ4v) is 4.79. The second-order valence-electron chi connectivity index (χ2n) is 9.09. The Morgan fingerprint density at radius 1 is 1.00 bits per heavy atom. The van der Waals surface area contributed by atoms with Gasteiger partial charge in [0.25, 0.3) is 5.91 Å². The zero-order chi connectivity index (χ0) is 27.8. The maximum Gasteiger partial charge on any atom is 1.00 e. The number of amides is 1. The summed E-state index contributed by atoms with van der Waals surface area (Å²) in [6.45, 7) is 2.45. The van der Waals surface area contributed by atoms with Gasteiger partial charge in [0.05, 0.1) is 18.6 Å². The standard InChI is InChI=1S/C31H30ClNO5S.Li/c1-20-5-3-4-6-25(20)26-13-7-21(17-27(26)30(34)33-28(31(35)36)15-16-39-2)18-37-19-24-12-14-29(38-24)22-8-10-23(32)11-9-22;/h3-14,17,28H,15-16,18-19H2,1-2H3,(H,33,34)(H,35,36);/q;+1/p-1/t28-;/m0./s1. The molecule has 0 unspecified atom stereocenters. The van der Waals surface area contributed by atoms with Gasteiger partial charge >= 0.3 is 18.9 Å². The number of hydrogen-bond acceptors (Lipinski definition) is 6. The number of thioether (sulfide) groups is 1. The second-order valence-corrected chi connectivity index (χ2v) is 10.5. The smallest absolute Gasteiger partial charge is 0.548 e. The van der Waals surface area contributed by atoms with Gasteiger partial charge in [-0.05, 0) is 90.1 Å². The van der Waals surface area contributed by atoms with Gasteiger partial charge < -0.3 is 24.4 Å². The van der Waals surface area contributed by atoms with Crippen LogP contribution in [0.5, 0.6) is 0 Å². The Hall–Kier alpha value is -2.92. The molecular formula is C31H29ClLiNO5S. The van der Waals surface area contributed by atoms with Crippen molar-refractivity contribution >= 4 is 35.2 Å². The van der Waals surface area contributed by atoms with E-state index in [4.69, 9.17) is 20.8 Å². The van der Waals surface area contributed by atoms with Crippen LogP contribution in [-0.4, -0.2) is 29.9 Å². The molecule has 9 heteroatoms. The van der Waals surface area contributed by atoms with Gasteiger partial charge in [0, 0.05) is 16.1 Å². The van der Waals surface area contributed by atoms with Gasteiger partial charge in [0.1, 0.15) is 18.1 Å². The van der Waals surface area contributed by atoms with E-state index < -0.39 is 17.9 Å². The molecular weight excluding hydrogens is 541 g/mol. The summed E-state index contributed by atoms with van der Waals surface area (Å²) in [4.78, 5) is 25.0. The van der Waals surface area contributed by atoms with Crippen molar-refractivity contribution in [3.63, 3.8) is 0 Å². The number of nitrogens with one attached hydrogen (secondary N) is 1. The van der Waals surface area contributed by atoms with E-state index in [9.17, 15) is 14.7 Å². The quantitative estimate of drug-likeness (QED) is 0.264. The molecule has 0 fully saturated rings. The van der Waals surface area contributed by atoms with Crippen molar-refractivity contribution < 1.29 is 42.7 Å². The SMILES string of the molecule is CSCC[C@H](NC(=O)c1cc(COCc2ccc(-c3ccc(Cl)cc3)o2)ccc1-c1ccccc1C)C(=O)[O-].[Li+]. The number of aryl methyl sites for hydroxylation is 1. The number of hydrogen-bond donors (Lipinski definition) is 1. The van der Waals surface area contributed by atoms with Gasteiger partial charge in [-0.2, -0.15) is 11.8 Å². The van der Waals surface area contributed by atoms with Crippen molar-refractivity contribution in [3.05, 3.63) is 106 Å². The summed E-state index contributed by atoms with van der Waals surface area (Å²) >= 11 is 7.48. The van der Waals surface area contributed by atoms with Crippen molar-refractivity contribution in [2.24, 2.45) is 0 Å². The van der Waals surface area contributed by atoms with Gasteiger partial charge in [0.2, 0.25) is 0 Å². The van der Waals surface area contributed by atoms with Crippen LogP contribution < -0.4 is 29.3 Å².